The van der Waals surface area contributed by atoms with Gasteiger partial charge in [-0.1, -0.05) is 5.21 Å². The Labute approximate surface area is 93.2 Å². The van der Waals surface area contributed by atoms with Crippen molar-refractivity contribution in [3.8, 4) is 0 Å². The van der Waals surface area contributed by atoms with Crippen LogP contribution in [0.5, 0.6) is 0 Å². The number of hydrogen-bond acceptors (Lipinski definition) is 3. The van der Waals surface area contributed by atoms with Crippen molar-refractivity contribution in [2.24, 2.45) is 0 Å². The lowest BCUT2D eigenvalue weighted by molar-refractivity contribution is 0.0919. The minimum atomic E-state index is -0.240. The second-order valence-electron chi connectivity index (χ2n) is 4.75. The lowest BCUT2D eigenvalue weighted by Gasteiger charge is -2.20. The lowest BCUT2D eigenvalue weighted by atomic mass is 10.1. The second kappa shape index (κ2) is 3.59. The molecule has 1 heterocycles. The van der Waals surface area contributed by atoms with Crippen LogP contribution in [0.2, 0.25) is 0 Å². The first-order chi connectivity index (χ1) is 7.46. The van der Waals surface area contributed by atoms with Crippen LogP contribution < -0.4 is 5.32 Å². The first-order valence-corrected chi connectivity index (χ1v) is 5.09. The fraction of sp³-hybridized carbons (Fsp3) is 0.364. The number of nitrogens with one attached hydrogen (secondary N) is 2. The predicted molar refractivity (Wildman–Crippen MR) is 61.1 cm³/mol. The summed E-state index contributed by atoms with van der Waals surface area (Å²) in [5.74, 6) is -0.0996. The molecule has 5 heteroatoms. The van der Waals surface area contributed by atoms with Gasteiger partial charge in [0.1, 0.15) is 5.52 Å². The van der Waals surface area contributed by atoms with Crippen LogP contribution in [0.15, 0.2) is 18.2 Å². The molecule has 0 spiro atoms. The molecule has 0 bridgehead atoms. The molecule has 5 nitrogen and oxygen atoms in total. The van der Waals surface area contributed by atoms with E-state index >= 15 is 0 Å². The van der Waals surface area contributed by atoms with Crippen molar-refractivity contribution in [2.75, 3.05) is 0 Å². The quantitative estimate of drug-likeness (QED) is 0.761. The van der Waals surface area contributed by atoms with Gasteiger partial charge < -0.3 is 5.32 Å². The van der Waals surface area contributed by atoms with E-state index in [-0.39, 0.29) is 11.4 Å². The van der Waals surface area contributed by atoms with Gasteiger partial charge in [-0.25, -0.2) is 0 Å². The van der Waals surface area contributed by atoms with Crippen molar-refractivity contribution >= 4 is 16.9 Å². The number of carbonyl (C=O) groups is 1. The zero-order chi connectivity index (χ0) is 11.8. The third-order valence-corrected chi connectivity index (χ3v) is 2.08. The summed E-state index contributed by atoms with van der Waals surface area (Å²) in [6, 6.07) is 5.27. The normalized spacial score (nSPS) is 11.7. The minimum Gasteiger partial charge on any atom is -0.347 e. The van der Waals surface area contributed by atoms with Crippen LogP contribution in [0.25, 0.3) is 11.0 Å². The topological polar surface area (TPSA) is 70.7 Å². The molecule has 0 unspecified atom stereocenters. The van der Waals surface area contributed by atoms with Gasteiger partial charge in [0.15, 0.2) is 0 Å². The number of carbonyl (C=O) groups excluding carboxylic acids is 1. The highest BCUT2D eigenvalue weighted by Crippen LogP contribution is 2.11. The summed E-state index contributed by atoms with van der Waals surface area (Å²) >= 11 is 0. The molecule has 0 aliphatic rings. The van der Waals surface area contributed by atoms with Gasteiger partial charge in [0.05, 0.1) is 5.52 Å². The van der Waals surface area contributed by atoms with Crippen molar-refractivity contribution < 1.29 is 4.79 Å². The number of aromatic amines is 1. The number of amides is 1. The standard InChI is InChI=1S/C11H14N4O/c1-11(2,3)12-10(16)7-4-5-8-9(6-7)14-15-13-8/h4-6H,1-3H3,(H,12,16)(H,13,14,15). The number of nitrogens with zero attached hydrogens (tertiary/aromatic N) is 2. The van der Waals surface area contributed by atoms with Gasteiger partial charge in [0.2, 0.25) is 0 Å². The summed E-state index contributed by atoms with van der Waals surface area (Å²) in [7, 11) is 0. The summed E-state index contributed by atoms with van der Waals surface area (Å²) in [5.41, 5.74) is 1.88. The number of benzene rings is 1. The van der Waals surface area contributed by atoms with E-state index in [9.17, 15) is 4.79 Å². The van der Waals surface area contributed by atoms with E-state index in [4.69, 9.17) is 0 Å². The number of rotatable bonds is 1. The first-order valence-electron chi connectivity index (χ1n) is 5.09. The van der Waals surface area contributed by atoms with Crippen LogP contribution in [-0.2, 0) is 0 Å². The van der Waals surface area contributed by atoms with Crippen molar-refractivity contribution in [1.29, 1.82) is 0 Å². The van der Waals surface area contributed by atoms with Gasteiger partial charge in [-0.15, -0.1) is 5.10 Å². The Balaban J connectivity index is 2.29. The fourth-order valence-electron chi connectivity index (χ4n) is 1.40. The SMILES string of the molecule is CC(C)(C)NC(=O)c1ccc2[nH]nnc2c1. The molecule has 0 aliphatic heterocycles. The molecular formula is C11H14N4O. The molecule has 0 saturated carbocycles. The van der Waals surface area contributed by atoms with Gasteiger partial charge >= 0.3 is 0 Å². The largest absolute Gasteiger partial charge is 0.347 e. The smallest absolute Gasteiger partial charge is 0.251 e. The Bertz CT molecular complexity index is 524. The molecule has 0 saturated heterocycles. The van der Waals surface area contributed by atoms with Gasteiger partial charge in [0, 0.05) is 11.1 Å². The fourth-order valence-corrected chi connectivity index (χ4v) is 1.40. The zero-order valence-electron chi connectivity index (χ0n) is 9.53. The monoisotopic (exact) mass is 218 g/mol. The van der Waals surface area contributed by atoms with Gasteiger partial charge in [-0.2, -0.15) is 0 Å². The van der Waals surface area contributed by atoms with E-state index < -0.39 is 0 Å². The molecule has 84 valence electrons. The maximum atomic E-state index is 11.9. The molecule has 0 atom stereocenters. The highest BCUT2D eigenvalue weighted by atomic mass is 16.1. The summed E-state index contributed by atoms with van der Waals surface area (Å²) < 4.78 is 0. The molecule has 1 aromatic carbocycles. The molecular weight excluding hydrogens is 204 g/mol. The summed E-state index contributed by atoms with van der Waals surface area (Å²) in [6.45, 7) is 5.83. The molecule has 1 aromatic heterocycles. The van der Waals surface area contributed by atoms with E-state index in [1.54, 1.807) is 18.2 Å². The van der Waals surface area contributed by atoms with Crippen molar-refractivity contribution in [3.05, 3.63) is 23.8 Å². The Morgan fingerprint density at radius 3 is 2.81 bits per heavy atom. The molecule has 16 heavy (non-hydrogen) atoms. The highest BCUT2D eigenvalue weighted by Gasteiger charge is 2.15. The third-order valence-electron chi connectivity index (χ3n) is 2.08. The molecule has 2 N–H and O–H groups in total. The summed E-state index contributed by atoms with van der Waals surface area (Å²) in [6.07, 6.45) is 0. The van der Waals surface area contributed by atoms with E-state index in [1.807, 2.05) is 20.8 Å². The van der Waals surface area contributed by atoms with Crippen molar-refractivity contribution in [2.45, 2.75) is 26.3 Å². The minimum absolute atomic E-state index is 0.0996. The third kappa shape index (κ3) is 2.18. The van der Waals surface area contributed by atoms with Crippen LogP contribution in [0.1, 0.15) is 31.1 Å². The van der Waals surface area contributed by atoms with Crippen LogP contribution in [-0.4, -0.2) is 26.9 Å². The zero-order valence-corrected chi connectivity index (χ0v) is 9.53. The molecule has 2 rings (SSSR count). The van der Waals surface area contributed by atoms with Gasteiger partial charge in [-0.3, -0.25) is 9.89 Å². The molecule has 1 amide bonds. The molecule has 0 radical (unpaired) electrons. The van der Waals surface area contributed by atoms with Crippen LogP contribution in [0, 0.1) is 0 Å². The first kappa shape index (κ1) is 10.6. The van der Waals surface area contributed by atoms with Gasteiger partial charge in [-0.05, 0) is 39.0 Å². The number of fused-ring (bicyclic) bond motifs is 1. The maximum absolute atomic E-state index is 11.9. The Morgan fingerprint density at radius 2 is 2.12 bits per heavy atom. The van der Waals surface area contributed by atoms with E-state index in [2.05, 4.69) is 20.7 Å². The number of aromatic nitrogens is 3. The molecule has 0 aliphatic carbocycles. The Morgan fingerprint density at radius 1 is 1.38 bits per heavy atom. The van der Waals surface area contributed by atoms with Crippen LogP contribution in [0.3, 0.4) is 0 Å². The number of H-pyrrole nitrogens is 1. The highest BCUT2D eigenvalue weighted by molar-refractivity contribution is 5.97. The van der Waals surface area contributed by atoms with Crippen LogP contribution in [0.4, 0.5) is 0 Å². The Kier molecular flexibility index (Phi) is 2.38. The summed E-state index contributed by atoms with van der Waals surface area (Å²) in [5, 5.41) is 13.2. The van der Waals surface area contributed by atoms with Gasteiger partial charge in [0.25, 0.3) is 5.91 Å². The second-order valence-corrected chi connectivity index (χ2v) is 4.75. The number of hydrogen-bond donors (Lipinski definition) is 2. The van der Waals surface area contributed by atoms with Crippen molar-refractivity contribution in [1.82, 2.24) is 20.7 Å². The maximum Gasteiger partial charge on any atom is 0.251 e. The van der Waals surface area contributed by atoms with E-state index in [0.29, 0.717) is 11.1 Å². The average molecular weight is 218 g/mol. The van der Waals surface area contributed by atoms with Crippen LogP contribution >= 0.6 is 0 Å². The lowest BCUT2D eigenvalue weighted by Crippen LogP contribution is -2.40. The Hall–Kier alpha value is -1.91. The van der Waals surface area contributed by atoms with E-state index in [1.165, 1.54) is 0 Å². The van der Waals surface area contributed by atoms with Crippen molar-refractivity contribution in [3.63, 3.8) is 0 Å². The summed E-state index contributed by atoms with van der Waals surface area (Å²) in [4.78, 5) is 11.9. The van der Waals surface area contributed by atoms with E-state index in [0.717, 1.165) is 5.52 Å². The predicted octanol–water partition coefficient (Wildman–Crippen LogP) is 1.49. The molecule has 0 fully saturated rings. The average Bonchev–Trinajstić information content (AvgIpc) is 2.61. The molecule has 2 aromatic rings.